The minimum Gasteiger partial charge on any atom is -0.396 e. The molecular formula is C25H28N6O2S2. The van der Waals surface area contributed by atoms with Gasteiger partial charge in [-0.3, -0.25) is 9.40 Å². The fourth-order valence-electron chi connectivity index (χ4n) is 4.65. The number of benzene rings is 2. The van der Waals surface area contributed by atoms with Gasteiger partial charge in [-0.2, -0.15) is 5.10 Å². The normalized spacial score (nSPS) is 16.5. The largest absolute Gasteiger partial charge is 0.396 e. The Bertz CT molecular complexity index is 1450. The van der Waals surface area contributed by atoms with E-state index in [1.54, 1.807) is 24.4 Å². The highest BCUT2D eigenvalue weighted by molar-refractivity contribution is 7.99. The van der Waals surface area contributed by atoms with Crippen molar-refractivity contribution < 1.29 is 8.42 Å². The lowest BCUT2D eigenvalue weighted by molar-refractivity contribution is 0.324. The monoisotopic (exact) mass is 508 g/mol. The summed E-state index contributed by atoms with van der Waals surface area (Å²) in [6.45, 7) is 0.802. The van der Waals surface area contributed by atoms with Crippen molar-refractivity contribution in [1.29, 1.82) is 0 Å². The lowest BCUT2D eigenvalue weighted by Crippen LogP contribution is -2.18. The molecule has 2 aliphatic carbocycles. The van der Waals surface area contributed by atoms with Crippen molar-refractivity contribution in [1.82, 2.24) is 19.3 Å². The number of hydrogen-bond acceptors (Lipinski definition) is 6. The smallest absolute Gasteiger partial charge is 0.235 e. The van der Waals surface area contributed by atoms with E-state index in [1.807, 2.05) is 28.9 Å². The highest BCUT2D eigenvalue weighted by Gasteiger charge is 2.35. The van der Waals surface area contributed by atoms with Crippen molar-refractivity contribution in [3.8, 4) is 11.3 Å². The fourth-order valence-corrected chi connectivity index (χ4v) is 6.91. The molecular weight excluding hydrogens is 480 g/mol. The molecule has 10 heteroatoms. The molecule has 4 aromatic rings. The van der Waals surface area contributed by atoms with Gasteiger partial charge >= 0.3 is 0 Å². The van der Waals surface area contributed by atoms with Crippen LogP contribution in [0.15, 0.2) is 60.0 Å². The maximum absolute atomic E-state index is 12.3. The number of sulfonamides is 1. The summed E-state index contributed by atoms with van der Waals surface area (Å²) in [6, 6.07) is 14.5. The molecule has 2 aromatic carbocycles. The average molecular weight is 509 g/mol. The van der Waals surface area contributed by atoms with E-state index in [1.165, 1.54) is 11.3 Å². The summed E-state index contributed by atoms with van der Waals surface area (Å²) < 4.78 is 31.6. The molecule has 0 amide bonds. The molecule has 2 fully saturated rings. The Hall–Kier alpha value is -2.98. The van der Waals surface area contributed by atoms with Gasteiger partial charge in [0.25, 0.3) is 0 Å². The topological polar surface area (TPSA) is 108 Å². The van der Waals surface area contributed by atoms with Gasteiger partial charge in [0, 0.05) is 33.3 Å². The Labute approximate surface area is 209 Å². The first-order valence-electron chi connectivity index (χ1n) is 12.0. The van der Waals surface area contributed by atoms with Crippen LogP contribution in [0.4, 0.5) is 11.4 Å². The van der Waals surface area contributed by atoms with E-state index in [9.17, 15) is 8.42 Å². The van der Waals surface area contributed by atoms with Crippen LogP contribution in [0.3, 0.4) is 0 Å². The van der Waals surface area contributed by atoms with Crippen LogP contribution in [-0.2, 0) is 16.6 Å². The Kier molecular flexibility index (Phi) is 5.72. The van der Waals surface area contributed by atoms with Gasteiger partial charge in [-0.05, 0) is 62.4 Å². The quantitative estimate of drug-likeness (QED) is 0.311. The number of rotatable bonds is 9. The third-order valence-electron chi connectivity index (χ3n) is 6.89. The minimum atomic E-state index is -3.28. The van der Waals surface area contributed by atoms with Crippen LogP contribution in [0.5, 0.6) is 0 Å². The molecule has 2 saturated carbocycles. The third-order valence-corrected chi connectivity index (χ3v) is 9.74. The molecule has 35 heavy (non-hydrogen) atoms. The number of fused-ring (bicyclic) bond motifs is 1. The molecule has 0 spiro atoms. The van der Waals surface area contributed by atoms with Gasteiger partial charge in [0.15, 0.2) is 0 Å². The number of nitrogens with one attached hydrogen (secondary N) is 1. The number of nitrogens with zero attached hydrogens (tertiary/aromatic N) is 4. The lowest BCUT2D eigenvalue weighted by atomic mass is 9.92. The van der Waals surface area contributed by atoms with Gasteiger partial charge in [0.1, 0.15) is 12.7 Å². The second-order valence-electron chi connectivity index (χ2n) is 9.33. The summed E-state index contributed by atoms with van der Waals surface area (Å²) in [4.78, 5) is 5.20. The zero-order valence-electron chi connectivity index (χ0n) is 19.3. The molecule has 0 saturated heterocycles. The fraction of sp³-hybridized carbons (Fsp3) is 0.360. The summed E-state index contributed by atoms with van der Waals surface area (Å²) in [5.41, 5.74) is 11.3. The third kappa shape index (κ3) is 4.40. The first-order valence-corrected chi connectivity index (χ1v) is 14.5. The van der Waals surface area contributed by atoms with Crippen molar-refractivity contribution in [2.75, 3.05) is 16.2 Å². The first-order chi connectivity index (χ1) is 17.0. The molecule has 0 unspecified atom stereocenters. The van der Waals surface area contributed by atoms with Crippen LogP contribution in [-0.4, -0.2) is 38.8 Å². The molecule has 3 N–H and O–H groups in total. The van der Waals surface area contributed by atoms with E-state index in [-0.39, 0.29) is 5.25 Å². The molecule has 0 aliphatic heterocycles. The van der Waals surface area contributed by atoms with Gasteiger partial charge in [-0.25, -0.2) is 13.4 Å². The molecule has 2 aliphatic rings. The number of nitrogen functional groups attached to an aromatic ring is 1. The lowest BCUT2D eigenvalue weighted by Gasteiger charge is -2.30. The Morgan fingerprint density at radius 2 is 1.89 bits per heavy atom. The number of anilines is 2. The van der Waals surface area contributed by atoms with Crippen molar-refractivity contribution in [2.24, 2.45) is 0 Å². The van der Waals surface area contributed by atoms with E-state index < -0.39 is 10.0 Å². The second-order valence-corrected chi connectivity index (χ2v) is 12.5. The van der Waals surface area contributed by atoms with Gasteiger partial charge < -0.3 is 10.3 Å². The molecule has 0 bridgehead atoms. The first kappa shape index (κ1) is 22.5. The van der Waals surface area contributed by atoms with Crippen molar-refractivity contribution in [3.63, 3.8) is 0 Å². The predicted octanol–water partition coefficient (Wildman–Crippen LogP) is 4.90. The highest BCUT2D eigenvalue weighted by atomic mass is 32.2. The van der Waals surface area contributed by atoms with Gasteiger partial charge in [0.05, 0.1) is 28.7 Å². The van der Waals surface area contributed by atoms with Crippen LogP contribution in [0.2, 0.25) is 0 Å². The van der Waals surface area contributed by atoms with Crippen molar-refractivity contribution >= 4 is 44.1 Å². The minimum absolute atomic E-state index is 0.248. The number of aromatic nitrogens is 4. The molecule has 2 aromatic heterocycles. The van der Waals surface area contributed by atoms with Gasteiger partial charge in [-0.1, -0.05) is 12.1 Å². The summed E-state index contributed by atoms with van der Waals surface area (Å²) in [6.07, 6.45) is 8.27. The van der Waals surface area contributed by atoms with Gasteiger partial charge in [-0.15, -0.1) is 11.8 Å². The molecule has 0 radical (unpaired) electrons. The van der Waals surface area contributed by atoms with Crippen molar-refractivity contribution in [2.45, 2.75) is 54.8 Å². The molecule has 182 valence electrons. The molecule has 0 atom stereocenters. The number of aryl methyl sites for hydroxylation is 1. The van der Waals surface area contributed by atoms with Crippen molar-refractivity contribution in [3.05, 3.63) is 55.1 Å². The molecule has 2 heterocycles. The number of nitrogens with two attached hydrogens (primary N) is 1. The summed E-state index contributed by atoms with van der Waals surface area (Å²) in [5, 5.41) is 4.99. The van der Waals surface area contributed by atoms with E-state index in [0.29, 0.717) is 11.7 Å². The van der Waals surface area contributed by atoms with Crippen LogP contribution >= 0.6 is 11.8 Å². The Balaban J connectivity index is 1.31. The second kappa shape index (κ2) is 8.91. The number of thioether (sulfide) groups is 1. The van der Waals surface area contributed by atoms with Crippen LogP contribution in [0.1, 0.15) is 38.1 Å². The summed E-state index contributed by atoms with van der Waals surface area (Å²) in [7, 11) is -3.28. The van der Waals surface area contributed by atoms with E-state index >= 15 is 0 Å². The number of hydrogen-bond donors (Lipinski definition) is 2. The van der Waals surface area contributed by atoms with E-state index in [2.05, 4.69) is 37.6 Å². The molecule has 6 rings (SSSR count). The SMILES string of the molecule is Nc1c(-c2ccc(NS(=O)(=O)C3CC3)cc2)n(C2CCC2)c2cc(SCCn3cncn3)ccc12. The van der Waals surface area contributed by atoms with Crippen LogP contribution in [0.25, 0.3) is 22.2 Å². The molecule has 8 nitrogen and oxygen atoms in total. The van der Waals surface area contributed by atoms with Crippen LogP contribution < -0.4 is 10.5 Å². The van der Waals surface area contributed by atoms with E-state index in [4.69, 9.17) is 5.73 Å². The Morgan fingerprint density at radius 1 is 1.09 bits per heavy atom. The average Bonchev–Trinajstić information content (AvgIpc) is 3.50. The summed E-state index contributed by atoms with van der Waals surface area (Å²) in [5.74, 6) is 0.902. The Morgan fingerprint density at radius 3 is 2.54 bits per heavy atom. The summed E-state index contributed by atoms with van der Waals surface area (Å²) >= 11 is 1.80. The maximum atomic E-state index is 12.3. The standard InChI is InChI=1S/C25H28N6O2S2/c26-24-22-11-8-20(34-13-12-30-16-27-15-28-30)14-23(22)31(19-2-1-3-19)25(24)17-4-6-18(7-5-17)29-35(32,33)21-9-10-21/h4-8,11,14-16,19,21,29H,1-3,9-10,12-13,26H2. The van der Waals surface area contributed by atoms with E-state index in [0.717, 1.165) is 65.8 Å². The van der Waals surface area contributed by atoms with Gasteiger partial charge in [0.2, 0.25) is 10.0 Å². The van der Waals surface area contributed by atoms with Crippen LogP contribution in [0, 0.1) is 0 Å². The maximum Gasteiger partial charge on any atom is 0.235 e. The predicted molar refractivity (Wildman–Crippen MR) is 141 cm³/mol. The zero-order chi connectivity index (χ0) is 24.0. The zero-order valence-corrected chi connectivity index (χ0v) is 20.9. The highest BCUT2D eigenvalue weighted by Crippen LogP contribution is 2.45.